The maximum absolute atomic E-state index is 4.46. The van der Waals surface area contributed by atoms with Gasteiger partial charge >= 0.3 is 0 Å². The van der Waals surface area contributed by atoms with Gasteiger partial charge in [-0.25, -0.2) is 4.98 Å². The molecule has 1 aromatic carbocycles. The summed E-state index contributed by atoms with van der Waals surface area (Å²) in [6, 6.07) is 10.3. The van der Waals surface area contributed by atoms with Gasteiger partial charge in [0.1, 0.15) is 5.82 Å². The molecule has 0 unspecified atom stereocenters. The summed E-state index contributed by atoms with van der Waals surface area (Å²) in [5.74, 6) is 1.54. The Hall–Kier alpha value is -2.10. The van der Waals surface area contributed by atoms with E-state index in [2.05, 4.69) is 46.5 Å². The van der Waals surface area contributed by atoms with Gasteiger partial charge in [0.25, 0.3) is 0 Å². The minimum Gasteiger partial charge on any atom is -0.354 e. The molecule has 0 aliphatic heterocycles. The normalized spacial score (nSPS) is 10.2. The lowest BCUT2D eigenvalue weighted by Gasteiger charge is -2.18. The van der Waals surface area contributed by atoms with Crippen molar-refractivity contribution in [3.8, 4) is 0 Å². The van der Waals surface area contributed by atoms with Crippen LogP contribution in [0, 0.1) is 6.92 Å². The summed E-state index contributed by atoms with van der Waals surface area (Å²) in [5, 5.41) is 3.11. The van der Waals surface area contributed by atoms with Gasteiger partial charge in [-0.2, -0.15) is 4.98 Å². The molecule has 0 aliphatic rings. The average Bonchev–Trinajstić information content (AvgIpc) is 2.39. The predicted molar refractivity (Wildman–Crippen MR) is 75.4 cm³/mol. The largest absolute Gasteiger partial charge is 0.354 e. The molecular weight excluding hydrogens is 224 g/mol. The van der Waals surface area contributed by atoms with E-state index in [0.717, 1.165) is 18.1 Å². The molecule has 1 heterocycles. The van der Waals surface area contributed by atoms with Crippen LogP contribution in [-0.2, 0) is 0 Å². The van der Waals surface area contributed by atoms with E-state index >= 15 is 0 Å². The zero-order valence-electron chi connectivity index (χ0n) is 11.0. The van der Waals surface area contributed by atoms with Crippen molar-refractivity contribution in [2.24, 2.45) is 0 Å². The summed E-state index contributed by atoms with van der Waals surface area (Å²) in [6.07, 6.45) is 1.77. The van der Waals surface area contributed by atoms with Gasteiger partial charge in [0.15, 0.2) is 0 Å². The highest BCUT2D eigenvalue weighted by Crippen LogP contribution is 2.22. The molecule has 1 N–H and O–H groups in total. The number of hydrogen-bond acceptors (Lipinski definition) is 4. The van der Waals surface area contributed by atoms with Gasteiger partial charge < -0.3 is 10.2 Å². The summed E-state index contributed by atoms with van der Waals surface area (Å²) in [4.78, 5) is 10.7. The van der Waals surface area contributed by atoms with Crippen molar-refractivity contribution in [3.05, 3.63) is 42.1 Å². The number of benzene rings is 1. The molecule has 0 radical (unpaired) electrons. The summed E-state index contributed by atoms with van der Waals surface area (Å²) < 4.78 is 0. The van der Waals surface area contributed by atoms with Crippen LogP contribution in [0.15, 0.2) is 36.5 Å². The highest BCUT2D eigenvalue weighted by molar-refractivity contribution is 5.59. The van der Waals surface area contributed by atoms with Crippen LogP contribution < -0.4 is 10.2 Å². The van der Waals surface area contributed by atoms with Gasteiger partial charge in [0, 0.05) is 25.5 Å². The molecule has 0 atom stereocenters. The van der Waals surface area contributed by atoms with Crippen LogP contribution in [0.25, 0.3) is 0 Å². The van der Waals surface area contributed by atoms with Crippen molar-refractivity contribution in [2.45, 2.75) is 13.8 Å². The fourth-order valence-corrected chi connectivity index (χ4v) is 1.68. The predicted octanol–water partition coefficient (Wildman–Crippen LogP) is 2.98. The Morgan fingerprint density at radius 3 is 2.56 bits per heavy atom. The standard InChI is InChI=1S/C14H18N4/c1-4-15-14-16-10-9-13(17-14)18(3)12-7-5-11(2)6-8-12/h5-10H,4H2,1-3H3,(H,15,16,17). The summed E-state index contributed by atoms with van der Waals surface area (Å²) in [7, 11) is 2.00. The van der Waals surface area contributed by atoms with Crippen molar-refractivity contribution in [1.82, 2.24) is 9.97 Å². The Kier molecular flexibility index (Phi) is 3.77. The molecule has 0 spiro atoms. The smallest absolute Gasteiger partial charge is 0.224 e. The lowest BCUT2D eigenvalue weighted by Crippen LogP contribution is -2.13. The number of anilines is 3. The van der Waals surface area contributed by atoms with E-state index in [0.29, 0.717) is 5.95 Å². The number of hydrogen-bond donors (Lipinski definition) is 1. The number of nitrogens with one attached hydrogen (secondary N) is 1. The molecule has 2 aromatic rings. The van der Waals surface area contributed by atoms with E-state index in [1.807, 2.05) is 24.9 Å². The Bertz CT molecular complexity index is 507. The molecule has 94 valence electrons. The number of rotatable bonds is 4. The lowest BCUT2D eigenvalue weighted by molar-refractivity contribution is 1.05. The van der Waals surface area contributed by atoms with Crippen molar-refractivity contribution in [1.29, 1.82) is 0 Å². The minimum absolute atomic E-state index is 0.661. The van der Waals surface area contributed by atoms with Crippen molar-refractivity contribution < 1.29 is 0 Å². The quantitative estimate of drug-likeness (QED) is 0.895. The average molecular weight is 242 g/mol. The third-order valence-electron chi connectivity index (χ3n) is 2.74. The van der Waals surface area contributed by atoms with Crippen LogP contribution in [0.5, 0.6) is 0 Å². The second kappa shape index (κ2) is 5.49. The molecule has 2 rings (SSSR count). The third-order valence-corrected chi connectivity index (χ3v) is 2.74. The fourth-order valence-electron chi connectivity index (χ4n) is 1.68. The minimum atomic E-state index is 0.661. The van der Waals surface area contributed by atoms with E-state index in [1.165, 1.54) is 5.56 Å². The first-order valence-electron chi connectivity index (χ1n) is 6.08. The molecule has 0 amide bonds. The molecule has 4 heteroatoms. The zero-order chi connectivity index (χ0) is 13.0. The van der Waals surface area contributed by atoms with Crippen LogP contribution in [-0.4, -0.2) is 23.6 Å². The lowest BCUT2D eigenvalue weighted by atomic mass is 10.2. The van der Waals surface area contributed by atoms with Gasteiger partial charge in [-0.1, -0.05) is 17.7 Å². The van der Waals surface area contributed by atoms with E-state index in [4.69, 9.17) is 0 Å². The third kappa shape index (κ3) is 2.77. The summed E-state index contributed by atoms with van der Waals surface area (Å²) in [6.45, 7) is 4.93. The van der Waals surface area contributed by atoms with Gasteiger partial charge in [0.2, 0.25) is 5.95 Å². The molecule has 0 saturated carbocycles. The highest BCUT2D eigenvalue weighted by atomic mass is 15.2. The Morgan fingerprint density at radius 2 is 1.89 bits per heavy atom. The first-order valence-corrected chi connectivity index (χ1v) is 6.08. The molecule has 0 saturated heterocycles. The maximum atomic E-state index is 4.46. The molecule has 1 aromatic heterocycles. The van der Waals surface area contributed by atoms with Gasteiger partial charge in [-0.05, 0) is 32.0 Å². The van der Waals surface area contributed by atoms with E-state index in [-0.39, 0.29) is 0 Å². The monoisotopic (exact) mass is 242 g/mol. The Balaban J connectivity index is 2.24. The number of aromatic nitrogens is 2. The molecule has 0 fully saturated rings. The number of nitrogens with zero attached hydrogens (tertiary/aromatic N) is 3. The first-order chi connectivity index (χ1) is 8.70. The SMILES string of the molecule is CCNc1nccc(N(C)c2ccc(C)cc2)n1. The van der Waals surface area contributed by atoms with Crippen LogP contribution in [0.3, 0.4) is 0 Å². The van der Waals surface area contributed by atoms with E-state index in [1.54, 1.807) is 6.20 Å². The van der Waals surface area contributed by atoms with Crippen LogP contribution >= 0.6 is 0 Å². The van der Waals surface area contributed by atoms with Crippen molar-refractivity contribution in [3.63, 3.8) is 0 Å². The van der Waals surface area contributed by atoms with Gasteiger partial charge in [-0.3, -0.25) is 0 Å². The second-order valence-corrected chi connectivity index (χ2v) is 4.16. The van der Waals surface area contributed by atoms with Crippen LogP contribution in [0.2, 0.25) is 0 Å². The topological polar surface area (TPSA) is 41.1 Å². The van der Waals surface area contributed by atoms with Gasteiger partial charge in [0.05, 0.1) is 0 Å². The molecule has 0 bridgehead atoms. The maximum Gasteiger partial charge on any atom is 0.224 e. The Morgan fingerprint density at radius 1 is 1.17 bits per heavy atom. The van der Waals surface area contributed by atoms with Crippen LogP contribution in [0.4, 0.5) is 17.5 Å². The molecular formula is C14H18N4. The van der Waals surface area contributed by atoms with Gasteiger partial charge in [-0.15, -0.1) is 0 Å². The van der Waals surface area contributed by atoms with Crippen molar-refractivity contribution in [2.75, 3.05) is 23.8 Å². The summed E-state index contributed by atoms with van der Waals surface area (Å²) in [5.41, 5.74) is 2.37. The van der Waals surface area contributed by atoms with Crippen molar-refractivity contribution >= 4 is 17.5 Å². The highest BCUT2D eigenvalue weighted by Gasteiger charge is 2.06. The zero-order valence-corrected chi connectivity index (χ0v) is 11.0. The second-order valence-electron chi connectivity index (χ2n) is 4.16. The van der Waals surface area contributed by atoms with E-state index < -0.39 is 0 Å². The fraction of sp³-hybridized carbons (Fsp3) is 0.286. The number of aryl methyl sites for hydroxylation is 1. The van der Waals surface area contributed by atoms with E-state index in [9.17, 15) is 0 Å². The summed E-state index contributed by atoms with van der Waals surface area (Å²) >= 11 is 0. The molecule has 0 aliphatic carbocycles. The molecule has 4 nitrogen and oxygen atoms in total. The van der Waals surface area contributed by atoms with Crippen LogP contribution in [0.1, 0.15) is 12.5 Å². The Labute approximate surface area is 108 Å². The first kappa shape index (κ1) is 12.4. The molecule has 18 heavy (non-hydrogen) atoms.